The van der Waals surface area contributed by atoms with Crippen molar-refractivity contribution in [3.63, 3.8) is 0 Å². The summed E-state index contributed by atoms with van der Waals surface area (Å²) >= 11 is 0. The predicted molar refractivity (Wildman–Crippen MR) is 199 cm³/mol. The number of hydrogen-bond donors (Lipinski definition) is 10. The summed E-state index contributed by atoms with van der Waals surface area (Å²) in [6, 6.07) is 8.92. The molecule has 1 aromatic heterocycles. The maximum Gasteiger partial charge on any atom is 0.330 e. The van der Waals surface area contributed by atoms with Crippen LogP contribution in [0.1, 0.15) is 17.2 Å². The maximum atomic E-state index is 13.6. The number of esters is 1. The standard InChI is InChI=1S/C39H42O20/c1-52-20-10-16(5-6-17(20)41)19-11-18(42)28-21(56-19)12-22(29(33(28)47)38-36(50)34(48)31(45)25(13-40)57-38)58-39-37(51)35(49)32(46)26(59-39)14-55-27(43)7-4-15-8-23(53-2)30(44)24(9-15)54-3/h4-12,25-26,31-32,34-41,44-51H,13-14H2,1-3H3/b7-4+/t25-,26-,31-,32-,34+,35+,36-,37-,38+,39?/m1/s1. The van der Waals surface area contributed by atoms with Crippen molar-refractivity contribution in [1.82, 2.24) is 0 Å². The Balaban J connectivity index is 1.34. The molecule has 4 aromatic rings. The number of phenolic OH excluding ortho intramolecular Hbond substituents is 3. The van der Waals surface area contributed by atoms with Crippen molar-refractivity contribution in [2.75, 3.05) is 34.5 Å². The van der Waals surface area contributed by atoms with Gasteiger partial charge in [0.05, 0.1) is 33.5 Å². The topological polar surface area (TPSA) is 314 Å². The zero-order chi connectivity index (χ0) is 42.9. The molecule has 1 unspecified atom stereocenters. The van der Waals surface area contributed by atoms with Crippen LogP contribution in [0.15, 0.2) is 57.8 Å². The number of aliphatic hydroxyl groups excluding tert-OH is 7. The normalized spacial score (nSPS) is 27.1. The average Bonchev–Trinajstić information content (AvgIpc) is 3.22. The van der Waals surface area contributed by atoms with Gasteiger partial charge >= 0.3 is 5.97 Å². The van der Waals surface area contributed by atoms with Crippen LogP contribution in [0.25, 0.3) is 28.4 Å². The van der Waals surface area contributed by atoms with Crippen LogP contribution in [0.5, 0.6) is 40.2 Å². The van der Waals surface area contributed by atoms with Crippen LogP contribution in [0, 0.1) is 0 Å². The Kier molecular flexibility index (Phi) is 12.8. The van der Waals surface area contributed by atoms with Gasteiger partial charge in [-0.1, -0.05) is 0 Å². The van der Waals surface area contributed by atoms with E-state index in [-0.39, 0.29) is 45.7 Å². The quantitative estimate of drug-likeness (QED) is 0.0639. The molecule has 0 aliphatic carbocycles. The number of benzene rings is 3. The first-order chi connectivity index (χ1) is 28.1. The molecule has 2 aliphatic heterocycles. The van der Waals surface area contributed by atoms with Crippen molar-refractivity contribution < 1.29 is 93.4 Å². The van der Waals surface area contributed by atoms with Crippen LogP contribution in [0.3, 0.4) is 0 Å². The number of ether oxygens (including phenoxy) is 7. The Bertz CT molecular complexity index is 2230. The molecule has 6 rings (SSSR count). The lowest BCUT2D eigenvalue weighted by Gasteiger charge is -2.42. The summed E-state index contributed by atoms with van der Waals surface area (Å²) in [7, 11) is 3.94. The number of aliphatic hydroxyl groups is 7. The van der Waals surface area contributed by atoms with E-state index in [1.807, 2.05) is 0 Å². The molecule has 318 valence electrons. The van der Waals surface area contributed by atoms with Gasteiger partial charge in [0.15, 0.2) is 28.4 Å². The highest BCUT2D eigenvalue weighted by Gasteiger charge is 2.49. The summed E-state index contributed by atoms with van der Waals surface area (Å²) in [5.74, 6) is -2.82. The van der Waals surface area contributed by atoms with Crippen molar-refractivity contribution >= 4 is 23.0 Å². The zero-order valence-corrected chi connectivity index (χ0v) is 31.4. The van der Waals surface area contributed by atoms with Crippen LogP contribution in [0.2, 0.25) is 0 Å². The Morgan fingerprint density at radius 3 is 2.02 bits per heavy atom. The average molecular weight is 831 g/mol. The number of carbonyl (C=O) groups excluding carboxylic acids is 1. The van der Waals surface area contributed by atoms with Crippen molar-refractivity contribution in [1.29, 1.82) is 0 Å². The van der Waals surface area contributed by atoms with Gasteiger partial charge in [0, 0.05) is 23.8 Å². The van der Waals surface area contributed by atoms with Gasteiger partial charge < -0.3 is 88.6 Å². The van der Waals surface area contributed by atoms with Gasteiger partial charge in [-0.3, -0.25) is 4.79 Å². The molecular weight excluding hydrogens is 788 g/mol. The van der Waals surface area contributed by atoms with Crippen molar-refractivity contribution in [2.45, 2.75) is 61.2 Å². The largest absolute Gasteiger partial charge is 0.506 e. The second-order valence-corrected chi connectivity index (χ2v) is 13.5. The number of rotatable bonds is 12. The van der Waals surface area contributed by atoms with E-state index in [0.29, 0.717) is 5.56 Å². The molecule has 0 amide bonds. The lowest BCUT2D eigenvalue weighted by atomic mass is 9.89. The van der Waals surface area contributed by atoms with Gasteiger partial charge in [0.1, 0.15) is 89.8 Å². The molecule has 0 radical (unpaired) electrons. The molecule has 3 aromatic carbocycles. The summed E-state index contributed by atoms with van der Waals surface area (Å²) in [5.41, 5.74) is -1.12. The zero-order valence-electron chi connectivity index (χ0n) is 31.4. The van der Waals surface area contributed by atoms with Crippen LogP contribution in [-0.4, -0.2) is 147 Å². The lowest BCUT2D eigenvalue weighted by molar-refractivity contribution is -0.279. The third kappa shape index (κ3) is 8.44. The van der Waals surface area contributed by atoms with E-state index >= 15 is 0 Å². The number of methoxy groups -OCH3 is 3. The highest BCUT2D eigenvalue weighted by atomic mass is 16.7. The predicted octanol–water partition coefficient (Wildman–Crippen LogP) is -0.439. The first-order valence-corrected chi connectivity index (χ1v) is 17.8. The second-order valence-electron chi connectivity index (χ2n) is 13.5. The van der Waals surface area contributed by atoms with Crippen LogP contribution >= 0.6 is 0 Å². The molecular formula is C39H42O20. The number of phenols is 3. The highest BCUT2D eigenvalue weighted by Crippen LogP contribution is 2.46. The molecule has 59 heavy (non-hydrogen) atoms. The van der Waals surface area contributed by atoms with Crippen LogP contribution in [-0.2, 0) is 19.0 Å². The highest BCUT2D eigenvalue weighted by molar-refractivity contribution is 5.89. The maximum absolute atomic E-state index is 13.6. The van der Waals surface area contributed by atoms with Gasteiger partial charge in [-0.25, -0.2) is 4.79 Å². The summed E-state index contributed by atoms with van der Waals surface area (Å²) in [5, 5.41) is 106. The molecule has 20 nitrogen and oxygen atoms in total. The molecule has 20 heteroatoms. The summed E-state index contributed by atoms with van der Waals surface area (Å²) < 4.78 is 43.9. The molecule has 3 heterocycles. The first-order valence-electron chi connectivity index (χ1n) is 17.8. The minimum Gasteiger partial charge on any atom is -0.506 e. The van der Waals surface area contributed by atoms with Gasteiger partial charge in [-0.15, -0.1) is 0 Å². The van der Waals surface area contributed by atoms with E-state index in [1.54, 1.807) is 0 Å². The van der Waals surface area contributed by atoms with E-state index in [2.05, 4.69) is 0 Å². The van der Waals surface area contributed by atoms with Crippen LogP contribution < -0.4 is 24.4 Å². The lowest BCUT2D eigenvalue weighted by Crippen LogP contribution is -2.60. The van der Waals surface area contributed by atoms with Crippen molar-refractivity contribution in [3.8, 4) is 51.6 Å². The molecule has 2 saturated heterocycles. The molecule has 0 spiro atoms. The van der Waals surface area contributed by atoms with Crippen LogP contribution in [0.4, 0.5) is 0 Å². The number of aromatic hydroxyl groups is 3. The SMILES string of the molecule is COc1cc(-c2cc(=O)c3c(O)c([C@@H]4O[C@H](CO)[C@@H](O)[C@H](O)[C@H]4O)c(OC4O[C@H](COC(=O)/C=C/c5cc(OC)c(O)c(OC)c5)[C@@H](O)[C@H](O)[C@H]4O)cc3o2)ccc1O. The van der Waals surface area contributed by atoms with Gasteiger partial charge in [-0.05, 0) is 42.0 Å². The number of carbonyl (C=O) groups is 1. The smallest absolute Gasteiger partial charge is 0.330 e. The third-order valence-corrected chi connectivity index (χ3v) is 9.85. The molecule has 0 saturated carbocycles. The fourth-order valence-electron chi connectivity index (χ4n) is 6.64. The third-order valence-electron chi connectivity index (χ3n) is 9.85. The van der Waals surface area contributed by atoms with E-state index in [0.717, 1.165) is 18.2 Å². The monoisotopic (exact) mass is 830 g/mol. The molecule has 0 bridgehead atoms. The Morgan fingerprint density at radius 2 is 1.37 bits per heavy atom. The fraction of sp³-hybridized carbons (Fsp3) is 0.385. The summed E-state index contributed by atoms with van der Waals surface area (Å²) in [6.07, 6.45) is -16.2. The van der Waals surface area contributed by atoms with E-state index in [1.165, 1.54) is 57.7 Å². The fourth-order valence-corrected chi connectivity index (χ4v) is 6.64. The molecule has 10 atom stereocenters. The minimum atomic E-state index is -2.04. The first kappa shape index (κ1) is 42.9. The Hall–Kier alpha value is -5.68. The summed E-state index contributed by atoms with van der Waals surface area (Å²) in [4.78, 5) is 26.3. The molecule has 2 aliphatic rings. The van der Waals surface area contributed by atoms with Gasteiger partial charge in [0.25, 0.3) is 0 Å². The van der Waals surface area contributed by atoms with Gasteiger partial charge in [0.2, 0.25) is 12.0 Å². The number of fused-ring (bicyclic) bond motifs is 1. The Morgan fingerprint density at radius 1 is 0.729 bits per heavy atom. The minimum absolute atomic E-state index is 0.0363. The van der Waals surface area contributed by atoms with E-state index < -0.39 is 108 Å². The number of hydrogen-bond acceptors (Lipinski definition) is 20. The Labute approximate surface area is 333 Å². The van der Waals surface area contributed by atoms with Gasteiger partial charge in [-0.2, -0.15) is 0 Å². The van der Waals surface area contributed by atoms with E-state index in [9.17, 15) is 60.7 Å². The van der Waals surface area contributed by atoms with E-state index in [4.69, 9.17) is 37.6 Å². The molecule has 10 N–H and O–H groups in total. The van der Waals surface area contributed by atoms with Crippen molar-refractivity contribution in [2.24, 2.45) is 0 Å². The molecule has 2 fully saturated rings. The van der Waals surface area contributed by atoms with Crippen molar-refractivity contribution in [3.05, 3.63) is 69.9 Å². The second kappa shape index (κ2) is 17.7. The summed E-state index contributed by atoms with van der Waals surface area (Å²) in [6.45, 7) is -1.58.